The quantitative estimate of drug-likeness (QED) is 0.821. The van der Waals surface area contributed by atoms with Gasteiger partial charge in [0.1, 0.15) is 9.84 Å². The highest BCUT2D eigenvalue weighted by Gasteiger charge is 2.24. The third-order valence-corrected chi connectivity index (χ3v) is 5.18. The van der Waals surface area contributed by atoms with E-state index < -0.39 is 9.84 Å². The van der Waals surface area contributed by atoms with E-state index in [2.05, 4.69) is 41.4 Å². The number of rotatable bonds is 7. The molecule has 1 heterocycles. The van der Waals surface area contributed by atoms with Crippen LogP contribution in [0.2, 0.25) is 0 Å². The summed E-state index contributed by atoms with van der Waals surface area (Å²) in [6.45, 7) is 4.66. The van der Waals surface area contributed by atoms with E-state index in [4.69, 9.17) is 0 Å². The van der Waals surface area contributed by atoms with E-state index in [9.17, 15) is 13.2 Å². The van der Waals surface area contributed by atoms with E-state index in [0.717, 1.165) is 19.3 Å². The lowest BCUT2D eigenvalue weighted by Gasteiger charge is -2.28. The van der Waals surface area contributed by atoms with Crippen molar-refractivity contribution >= 4 is 15.7 Å². The number of benzene rings is 1. The van der Waals surface area contributed by atoms with Crippen molar-refractivity contribution in [1.29, 1.82) is 0 Å². The van der Waals surface area contributed by atoms with Crippen molar-refractivity contribution in [3.8, 4) is 0 Å². The fourth-order valence-corrected chi connectivity index (χ4v) is 3.43. The number of carbonyl (C=O) groups excluding carboxylic acids is 1. The van der Waals surface area contributed by atoms with Crippen LogP contribution in [0.5, 0.6) is 0 Å². The molecule has 1 fully saturated rings. The van der Waals surface area contributed by atoms with Crippen LogP contribution in [0.3, 0.4) is 0 Å². The van der Waals surface area contributed by atoms with Gasteiger partial charge in [0.05, 0.1) is 11.8 Å². The van der Waals surface area contributed by atoms with E-state index in [1.165, 1.54) is 24.0 Å². The molecule has 0 radical (unpaired) electrons. The number of carbonyl (C=O) groups is 1. The van der Waals surface area contributed by atoms with Crippen molar-refractivity contribution in [3.05, 3.63) is 35.4 Å². The Morgan fingerprint density at radius 2 is 1.83 bits per heavy atom. The number of sulfone groups is 1. The monoisotopic (exact) mass is 338 g/mol. The lowest BCUT2D eigenvalue weighted by Crippen LogP contribution is -2.37. The van der Waals surface area contributed by atoms with E-state index >= 15 is 0 Å². The summed E-state index contributed by atoms with van der Waals surface area (Å²) >= 11 is 0. The minimum absolute atomic E-state index is 0.0272. The first-order valence-corrected chi connectivity index (χ1v) is 10.2. The molecule has 128 valence electrons. The zero-order valence-electron chi connectivity index (χ0n) is 13.9. The molecule has 1 unspecified atom stereocenters. The molecule has 1 aliphatic heterocycles. The van der Waals surface area contributed by atoms with Crippen LogP contribution < -0.4 is 5.32 Å². The van der Waals surface area contributed by atoms with Gasteiger partial charge in [-0.15, -0.1) is 0 Å². The zero-order chi connectivity index (χ0) is 16.9. The topological polar surface area (TPSA) is 66.5 Å². The van der Waals surface area contributed by atoms with Gasteiger partial charge in [-0.25, -0.2) is 8.42 Å². The van der Waals surface area contributed by atoms with Crippen molar-refractivity contribution in [2.45, 2.75) is 32.2 Å². The Morgan fingerprint density at radius 1 is 1.22 bits per heavy atom. The molecular weight excluding hydrogens is 312 g/mol. The molecular formula is C17H26N2O3S. The molecule has 0 bridgehead atoms. The maximum absolute atomic E-state index is 11.9. The molecule has 23 heavy (non-hydrogen) atoms. The number of hydrogen-bond donors (Lipinski definition) is 1. The van der Waals surface area contributed by atoms with Crippen molar-refractivity contribution in [3.63, 3.8) is 0 Å². The Hall–Kier alpha value is -1.40. The molecule has 0 spiro atoms. The molecule has 1 N–H and O–H groups in total. The van der Waals surface area contributed by atoms with Gasteiger partial charge in [-0.05, 0) is 38.4 Å². The number of likely N-dealkylation sites (tertiary alicyclic amines) is 1. The van der Waals surface area contributed by atoms with Crippen LogP contribution in [0.4, 0.5) is 0 Å². The number of aryl methyl sites for hydroxylation is 1. The second-order valence-corrected chi connectivity index (χ2v) is 8.61. The van der Waals surface area contributed by atoms with Crippen LogP contribution >= 0.6 is 0 Å². The highest BCUT2D eigenvalue weighted by Crippen LogP contribution is 2.24. The van der Waals surface area contributed by atoms with Crippen LogP contribution in [0, 0.1) is 6.92 Å². The number of amides is 1. The van der Waals surface area contributed by atoms with Crippen molar-refractivity contribution in [2.75, 3.05) is 31.6 Å². The normalized spacial score (nSPS) is 17.1. The molecule has 1 aliphatic rings. The predicted octanol–water partition coefficient (Wildman–Crippen LogP) is 1.68. The van der Waals surface area contributed by atoms with E-state index in [1.807, 2.05) is 0 Å². The fourth-order valence-electron chi connectivity index (χ4n) is 2.88. The zero-order valence-corrected chi connectivity index (χ0v) is 14.7. The molecule has 1 saturated heterocycles. The molecule has 2 rings (SSSR count). The smallest absolute Gasteiger partial charge is 0.221 e. The maximum Gasteiger partial charge on any atom is 0.221 e. The Kier molecular flexibility index (Phi) is 6.18. The number of nitrogens with zero attached hydrogens (tertiary/aromatic N) is 1. The summed E-state index contributed by atoms with van der Waals surface area (Å²) in [5, 5.41) is 2.90. The second kappa shape index (κ2) is 7.93. The van der Waals surface area contributed by atoms with Crippen LogP contribution in [0.25, 0.3) is 0 Å². The second-order valence-electron chi connectivity index (χ2n) is 6.35. The average molecular weight is 338 g/mol. The largest absolute Gasteiger partial charge is 0.354 e. The van der Waals surface area contributed by atoms with Gasteiger partial charge in [-0.1, -0.05) is 29.8 Å². The van der Waals surface area contributed by atoms with Gasteiger partial charge in [0.2, 0.25) is 5.91 Å². The first-order chi connectivity index (χ1) is 10.8. The summed E-state index contributed by atoms with van der Waals surface area (Å²) in [4.78, 5) is 14.3. The SMILES string of the molecule is Cc1ccc(C(CNC(=O)CCS(C)(=O)=O)N2CCCC2)cc1. The first kappa shape index (κ1) is 17.9. The lowest BCUT2D eigenvalue weighted by molar-refractivity contribution is -0.120. The first-order valence-electron chi connectivity index (χ1n) is 8.10. The molecule has 1 amide bonds. The van der Waals surface area contributed by atoms with Crippen molar-refractivity contribution < 1.29 is 13.2 Å². The average Bonchev–Trinajstić information content (AvgIpc) is 3.00. The Morgan fingerprint density at radius 3 is 2.39 bits per heavy atom. The highest BCUT2D eigenvalue weighted by molar-refractivity contribution is 7.90. The van der Waals surface area contributed by atoms with Gasteiger partial charge in [-0.2, -0.15) is 0 Å². The third kappa shape index (κ3) is 5.95. The minimum atomic E-state index is -3.10. The third-order valence-electron chi connectivity index (χ3n) is 4.24. The number of nitrogens with one attached hydrogen (secondary N) is 1. The van der Waals surface area contributed by atoms with E-state index in [-0.39, 0.29) is 24.1 Å². The van der Waals surface area contributed by atoms with Gasteiger partial charge < -0.3 is 5.32 Å². The Labute approximate surface area is 139 Å². The molecule has 0 aromatic heterocycles. The summed E-state index contributed by atoms with van der Waals surface area (Å²) in [5.74, 6) is -0.302. The summed E-state index contributed by atoms with van der Waals surface area (Å²) < 4.78 is 22.3. The van der Waals surface area contributed by atoms with Crippen LogP contribution in [-0.2, 0) is 14.6 Å². The molecule has 1 aromatic rings. The van der Waals surface area contributed by atoms with Gasteiger partial charge in [0, 0.05) is 19.2 Å². The predicted molar refractivity (Wildman–Crippen MR) is 92.1 cm³/mol. The van der Waals surface area contributed by atoms with Gasteiger partial charge >= 0.3 is 0 Å². The molecule has 0 aliphatic carbocycles. The standard InChI is InChI=1S/C17H26N2O3S/c1-14-5-7-15(8-6-14)16(19-10-3-4-11-19)13-18-17(20)9-12-23(2,21)22/h5-8,16H,3-4,9-13H2,1-2H3,(H,18,20). The fraction of sp³-hybridized carbons (Fsp3) is 0.588. The van der Waals surface area contributed by atoms with Crippen LogP contribution in [0.1, 0.15) is 36.4 Å². The Balaban J connectivity index is 1.98. The van der Waals surface area contributed by atoms with Crippen molar-refractivity contribution in [1.82, 2.24) is 10.2 Å². The minimum Gasteiger partial charge on any atom is -0.354 e. The molecule has 1 aromatic carbocycles. The summed E-state index contributed by atoms with van der Waals surface area (Å²) in [7, 11) is -3.10. The van der Waals surface area contributed by atoms with E-state index in [1.54, 1.807) is 0 Å². The lowest BCUT2D eigenvalue weighted by atomic mass is 10.0. The Bertz CT molecular complexity index is 620. The van der Waals surface area contributed by atoms with Gasteiger partial charge in [0.25, 0.3) is 0 Å². The van der Waals surface area contributed by atoms with Crippen LogP contribution in [0.15, 0.2) is 24.3 Å². The molecule has 5 nitrogen and oxygen atoms in total. The molecule has 0 saturated carbocycles. The maximum atomic E-state index is 11.9. The van der Waals surface area contributed by atoms with Crippen molar-refractivity contribution in [2.24, 2.45) is 0 Å². The van der Waals surface area contributed by atoms with Gasteiger partial charge in [-0.3, -0.25) is 9.69 Å². The van der Waals surface area contributed by atoms with Gasteiger partial charge in [0.15, 0.2) is 0 Å². The summed E-state index contributed by atoms with van der Waals surface area (Å²) in [6.07, 6.45) is 3.55. The summed E-state index contributed by atoms with van der Waals surface area (Å²) in [6, 6.07) is 8.55. The summed E-state index contributed by atoms with van der Waals surface area (Å²) in [5.41, 5.74) is 2.41. The molecule has 1 atom stereocenters. The van der Waals surface area contributed by atoms with Crippen LogP contribution in [-0.4, -0.2) is 50.9 Å². The van der Waals surface area contributed by atoms with E-state index in [0.29, 0.717) is 6.54 Å². The highest BCUT2D eigenvalue weighted by atomic mass is 32.2. The number of hydrogen-bond acceptors (Lipinski definition) is 4. The molecule has 6 heteroatoms.